The summed E-state index contributed by atoms with van der Waals surface area (Å²) >= 11 is 0. The highest BCUT2D eigenvalue weighted by Gasteiger charge is 2.31. The summed E-state index contributed by atoms with van der Waals surface area (Å²) in [5, 5.41) is 13.1. The molecule has 1 aliphatic rings. The molecule has 4 rings (SSSR count). The maximum absolute atomic E-state index is 14.3. The van der Waals surface area contributed by atoms with E-state index in [0.29, 0.717) is 35.7 Å². The molecule has 1 aliphatic heterocycles. The van der Waals surface area contributed by atoms with E-state index in [0.717, 1.165) is 24.8 Å². The number of anilines is 1. The first-order valence-electron chi connectivity index (χ1n) is 16.1. The Hall–Kier alpha value is -4.21. The van der Waals surface area contributed by atoms with E-state index in [1.807, 2.05) is 62.4 Å². The number of likely N-dealkylation sites (N-methyl/N-ethyl adjacent to an activating group) is 1. The minimum Gasteiger partial charge on any atom is -0.490 e. The van der Waals surface area contributed by atoms with Crippen LogP contribution < -0.4 is 10.1 Å². The maximum Gasteiger partial charge on any atom is 0.258 e. The van der Waals surface area contributed by atoms with Crippen LogP contribution in [0.2, 0.25) is 0 Å². The lowest BCUT2D eigenvalue weighted by Crippen LogP contribution is -2.48. The third-order valence-electron chi connectivity index (χ3n) is 8.36. The Morgan fingerprint density at radius 1 is 1.02 bits per heavy atom. The number of aliphatic hydroxyl groups is 1. The highest BCUT2D eigenvalue weighted by atomic mass is 16.5. The third kappa shape index (κ3) is 9.64. The lowest BCUT2D eigenvalue weighted by Gasteiger charge is -2.36. The summed E-state index contributed by atoms with van der Waals surface area (Å²) in [6.07, 6.45) is 2.14. The number of carbonyl (C=O) groups excluding carboxylic acids is 3. The van der Waals surface area contributed by atoms with Crippen LogP contribution in [0.5, 0.6) is 5.75 Å². The van der Waals surface area contributed by atoms with Crippen LogP contribution in [0.1, 0.15) is 66.3 Å². The van der Waals surface area contributed by atoms with Crippen molar-refractivity contribution in [2.24, 2.45) is 5.92 Å². The molecular weight excluding hydrogens is 582 g/mol. The summed E-state index contributed by atoms with van der Waals surface area (Å²) in [5.74, 6) is -0.367. The molecule has 9 nitrogen and oxygen atoms in total. The molecule has 9 heteroatoms. The summed E-state index contributed by atoms with van der Waals surface area (Å²) < 4.78 is 12.7. The Balaban J connectivity index is 1.60. The van der Waals surface area contributed by atoms with Crippen molar-refractivity contribution in [2.45, 2.75) is 64.7 Å². The number of hydrogen-bond acceptors (Lipinski definition) is 6. The highest BCUT2D eigenvalue weighted by molar-refractivity contribution is 6.00. The van der Waals surface area contributed by atoms with E-state index in [9.17, 15) is 19.5 Å². The van der Waals surface area contributed by atoms with Crippen LogP contribution >= 0.6 is 0 Å². The Morgan fingerprint density at radius 2 is 1.72 bits per heavy atom. The molecule has 0 radical (unpaired) electrons. The minimum atomic E-state index is -0.506. The van der Waals surface area contributed by atoms with E-state index < -0.39 is 6.04 Å². The predicted octanol–water partition coefficient (Wildman–Crippen LogP) is 5.44. The summed E-state index contributed by atoms with van der Waals surface area (Å²) in [5.41, 5.74) is 2.28. The minimum absolute atomic E-state index is 0.103. The second kappa shape index (κ2) is 16.9. The number of amides is 3. The zero-order chi connectivity index (χ0) is 33.1. The number of carbonyl (C=O) groups is 3. The molecule has 0 fully saturated rings. The molecule has 4 atom stereocenters. The van der Waals surface area contributed by atoms with Gasteiger partial charge >= 0.3 is 0 Å². The van der Waals surface area contributed by atoms with Crippen molar-refractivity contribution >= 4 is 23.4 Å². The van der Waals surface area contributed by atoms with Gasteiger partial charge in [0.2, 0.25) is 5.91 Å². The van der Waals surface area contributed by atoms with Gasteiger partial charge in [-0.25, -0.2) is 0 Å². The van der Waals surface area contributed by atoms with Gasteiger partial charge in [-0.1, -0.05) is 55.5 Å². The first kappa shape index (κ1) is 34.7. The number of aliphatic hydroxyl groups excluding tert-OH is 1. The maximum atomic E-state index is 14.3. The summed E-state index contributed by atoms with van der Waals surface area (Å²) in [6, 6.07) is 23.2. The van der Waals surface area contributed by atoms with Crippen molar-refractivity contribution in [1.29, 1.82) is 0 Å². The first-order chi connectivity index (χ1) is 22.2. The lowest BCUT2D eigenvalue weighted by atomic mass is 10.0. The van der Waals surface area contributed by atoms with Crippen LogP contribution in [0.3, 0.4) is 0 Å². The fourth-order valence-corrected chi connectivity index (χ4v) is 5.60. The summed E-state index contributed by atoms with van der Waals surface area (Å²) in [6.45, 7) is 6.67. The van der Waals surface area contributed by atoms with Crippen LogP contribution in [0.25, 0.3) is 0 Å². The second-order valence-corrected chi connectivity index (χ2v) is 12.3. The fraction of sp³-hybridized carbons (Fsp3) is 0.432. The Labute approximate surface area is 272 Å². The van der Waals surface area contributed by atoms with E-state index >= 15 is 0 Å². The molecule has 0 saturated carbocycles. The van der Waals surface area contributed by atoms with Crippen molar-refractivity contribution in [3.05, 3.63) is 95.6 Å². The molecule has 246 valence electrons. The molecule has 2 N–H and O–H groups in total. The average Bonchev–Trinajstić information content (AvgIpc) is 3.06. The van der Waals surface area contributed by atoms with Crippen LogP contribution in [0, 0.1) is 5.92 Å². The van der Waals surface area contributed by atoms with Gasteiger partial charge in [-0.2, -0.15) is 0 Å². The van der Waals surface area contributed by atoms with Crippen LogP contribution in [0.15, 0.2) is 78.9 Å². The molecule has 3 amide bonds. The monoisotopic (exact) mass is 629 g/mol. The van der Waals surface area contributed by atoms with Crippen molar-refractivity contribution in [2.75, 3.05) is 38.7 Å². The third-order valence-corrected chi connectivity index (χ3v) is 8.36. The Morgan fingerprint density at radius 3 is 2.41 bits per heavy atom. The highest BCUT2D eigenvalue weighted by Crippen LogP contribution is 2.28. The van der Waals surface area contributed by atoms with Gasteiger partial charge in [-0.3, -0.25) is 14.4 Å². The lowest BCUT2D eigenvalue weighted by molar-refractivity contribution is -0.115. The van der Waals surface area contributed by atoms with Gasteiger partial charge in [0.25, 0.3) is 11.8 Å². The van der Waals surface area contributed by atoms with Gasteiger partial charge in [0, 0.05) is 43.9 Å². The molecule has 0 spiro atoms. The topological polar surface area (TPSA) is 108 Å². The summed E-state index contributed by atoms with van der Waals surface area (Å²) in [7, 11) is 1.76. The Bertz CT molecular complexity index is 1430. The van der Waals surface area contributed by atoms with E-state index in [1.54, 1.807) is 54.1 Å². The quantitative estimate of drug-likeness (QED) is 0.344. The molecule has 0 aliphatic carbocycles. The van der Waals surface area contributed by atoms with E-state index in [1.165, 1.54) is 0 Å². The standard InChI is InChI=1S/C37H47N3O6/c1-26-23-40(27(2)25-41)37(44)32-22-31(38-35(42)21-29-14-7-5-8-15-29)18-19-33(32)46-28(3)13-11-12-20-45-34(26)24-39(4)36(43)30-16-9-6-10-17-30/h5-10,14-19,22,26-28,34,41H,11-13,20-21,23-25H2,1-4H3,(H,38,42)/t26-,27+,28-,34-/m1/s1. The molecular formula is C37H47N3O6. The number of ether oxygens (including phenoxy) is 2. The van der Waals surface area contributed by atoms with Gasteiger partial charge in [0.1, 0.15) is 5.75 Å². The second-order valence-electron chi connectivity index (χ2n) is 12.3. The van der Waals surface area contributed by atoms with Gasteiger partial charge in [-0.15, -0.1) is 0 Å². The zero-order valence-electron chi connectivity index (χ0n) is 27.4. The van der Waals surface area contributed by atoms with E-state index in [-0.39, 0.29) is 55.4 Å². The number of hydrogen-bond donors (Lipinski definition) is 2. The van der Waals surface area contributed by atoms with E-state index in [4.69, 9.17) is 9.47 Å². The zero-order valence-corrected chi connectivity index (χ0v) is 27.4. The van der Waals surface area contributed by atoms with Gasteiger partial charge < -0.3 is 29.7 Å². The smallest absolute Gasteiger partial charge is 0.258 e. The number of nitrogens with zero attached hydrogens (tertiary/aromatic N) is 2. The van der Waals surface area contributed by atoms with Crippen molar-refractivity contribution in [1.82, 2.24) is 9.80 Å². The molecule has 3 aromatic rings. The SMILES string of the molecule is C[C@@H]1CCCCO[C@H](CN(C)C(=O)c2ccccc2)[C@H](C)CN([C@@H](C)CO)C(=O)c2cc(NC(=O)Cc3ccccc3)ccc2O1. The number of nitrogens with one attached hydrogen (secondary N) is 1. The number of benzene rings is 3. The number of rotatable bonds is 8. The van der Waals surface area contributed by atoms with Crippen LogP contribution in [-0.4, -0.2) is 84.2 Å². The van der Waals surface area contributed by atoms with Gasteiger partial charge in [0.05, 0.1) is 36.8 Å². The van der Waals surface area contributed by atoms with E-state index in [2.05, 4.69) is 5.32 Å². The molecule has 0 saturated heterocycles. The molecule has 0 bridgehead atoms. The normalized spacial score (nSPS) is 20.1. The van der Waals surface area contributed by atoms with Crippen LogP contribution in [-0.2, 0) is 16.0 Å². The predicted molar refractivity (Wildman–Crippen MR) is 179 cm³/mol. The largest absolute Gasteiger partial charge is 0.490 e. The van der Waals surface area contributed by atoms with Crippen molar-refractivity contribution in [3.8, 4) is 5.75 Å². The van der Waals surface area contributed by atoms with Crippen molar-refractivity contribution in [3.63, 3.8) is 0 Å². The summed E-state index contributed by atoms with van der Waals surface area (Å²) in [4.78, 5) is 43.7. The van der Waals surface area contributed by atoms with Crippen molar-refractivity contribution < 1.29 is 29.0 Å². The molecule has 3 aromatic carbocycles. The molecule has 1 heterocycles. The molecule has 0 aromatic heterocycles. The first-order valence-corrected chi connectivity index (χ1v) is 16.1. The van der Waals surface area contributed by atoms with Crippen LogP contribution in [0.4, 0.5) is 5.69 Å². The molecule has 0 unspecified atom stereocenters. The number of fused-ring (bicyclic) bond motifs is 1. The Kier molecular flexibility index (Phi) is 12.7. The average molecular weight is 630 g/mol. The van der Waals surface area contributed by atoms with Gasteiger partial charge in [0.15, 0.2) is 0 Å². The fourth-order valence-electron chi connectivity index (χ4n) is 5.60. The molecule has 46 heavy (non-hydrogen) atoms. The van der Waals surface area contributed by atoms with Gasteiger partial charge in [-0.05, 0) is 69.0 Å².